The van der Waals surface area contributed by atoms with E-state index in [0.29, 0.717) is 6.42 Å². The van der Waals surface area contributed by atoms with E-state index in [9.17, 15) is 14.4 Å². The molecule has 6 nitrogen and oxygen atoms in total. The molecule has 1 spiro atoms. The summed E-state index contributed by atoms with van der Waals surface area (Å²) in [6.07, 6.45) is 4.24. The van der Waals surface area contributed by atoms with Gasteiger partial charge in [0.1, 0.15) is 11.6 Å². The van der Waals surface area contributed by atoms with Crippen LogP contribution in [0.1, 0.15) is 43.7 Å². The first kappa shape index (κ1) is 15.2. The summed E-state index contributed by atoms with van der Waals surface area (Å²) in [6, 6.07) is 6.67. The monoisotopic (exact) mass is 327 g/mol. The zero-order chi connectivity index (χ0) is 16.9. The molecule has 0 bridgehead atoms. The van der Waals surface area contributed by atoms with Gasteiger partial charge in [0, 0.05) is 6.04 Å². The van der Waals surface area contributed by atoms with Crippen molar-refractivity contribution in [3.05, 3.63) is 35.4 Å². The molecule has 126 valence electrons. The topological polar surface area (TPSA) is 78.5 Å². The number of aryl methyl sites for hydroxylation is 1. The first-order valence-electron chi connectivity index (χ1n) is 8.57. The van der Waals surface area contributed by atoms with Crippen LogP contribution in [0.4, 0.5) is 4.79 Å². The molecule has 1 aliphatic heterocycles. The van der Waals surface area contributed by atoms with Crippen LogP contribution in [-0.4, -0.2) is 34.8 Å². The molecule has 0 aromatic heterocycles. The van der Waals surface area contributed by atoms with Gasteiger partial charge in [-0.2, -0.15) is 0 Å². The quantitative estimate of drug-likeness (QED) is 0.825. The predicted molar refractivity (Wildman–Crippen MR) is 87.1 cm³/mol. The zero-order valence-electron chi connectivity index (χ0n) is 13.7. The van der Waals surface area contributed by atoms with Crippen molar-refractivity contribution in [1.82, 2.24) is 15.5 Å². The minimum absolute atomic E-state index is 0.199. The Labute approximate surface area is 140 Å². The third-order valence-electron chi connectivity index (χ3n) is 5.29. The number of hydrogen-bond donors (Lipinski definition) is 2. The maximum atomic E-state index is 13.2. The molecule has 24 heavy (non-hydrogen) atoms. The molecule has 1 aromatic carbocycles. The van der Waals surface area contributed by atoms with Crippen molar-refractivity contribution in [2.75, 3.05) is 0 Å². The molecule has 3 aliphatic rings. The summed E-state index contributed by atoms with van der Waals surface area (Å²) in [5.74, 6) is -0.569. The minimum Gasteiger partial charge on any atom is -0.352 e. The van der Waals surface area contributed by atoms with E-state index in [1.807, 2.05) is 24.3 Å². The molecule has 1 saturated heterocycles. The smallest absolute Gasteiger partial charge is 0.326 e. The predicted octanol–water partition coefficient (Wildman–Crippen LogP) is 1.44. The molecule has 1 aromatic rings. The van der Waals surface area contributed by atoms with Crippen LogP contribution in [0.3, 0.4) is 0 Å². The molecule has 4 rings (SSSR count). The summed E-state index contributed by atoms with van der Waals surface area (Å²) in [5.41, 5.74) is 0.946. The normalized spacial score (nSPS) is 27.0. The van der Waals surface area contributed by atoms with Gasteiger partial charge in [-0.1, -0.05) is 24.3 Å². The lowest BCUT2D eigenvalue weighted by molar-refractivity contribution is -0.138. The Balaban J connectivity index is 1.65. The van der Waals surface area contributed by atoms with Crippen LogP contribution in [0.25, 0.3) is 0 Å². The molecule has 1 saturated carbocycles. The van der Waals surface area contributed by atoms with Gasteiger partial charge in [0.05, 0.1) is 0 Å². The highest BCUT2D eigenvalue weighted by Crippen LogP contribution is 2.40. The van der Waals surface area contributed by atoms with Crippen LogP contribution in [0, 0.1) is 0 Å². The van der Waals surface area contributed by atoms with E-state index in [4.69, 9.17) is 0 Å². The largest absolute Gasteiger partial charge is 0.352 e. The Morgan fingerprint density at radius 3 is 2.83 bits per heavy atom. The molecule has 2 fully saturated rings. The molecular weight excluding hydrogens is 306 g/mol. The van der Waals surface area contributed by atoms with Crippen LogP contribution in [0.5, 0.6) is 0 Å². The molecule has 2 atom stereocenters. The lowest BCUT2D eigenvalue weighted by Gasteiger charge is -2.33. The van der Waals surface area contributed by atoms with Crippen molar-refractivity contribution in [3.8, 4) is 0 Å². The van der Waals surface area contributed by atoms with Gasteiger partial charge in [-0.05, 0) is 50.2 Å². The number of nitrogens with zero attached hydrogens (tertiary/aromatic N) is 1. The Morgan fingerprint density at radius 1 is 1.33 bits per heavy atom. The van der Waals surface area contributed by atoms with Gasteiger partial charge in [-0.25, -0.2) is 9.69 Å². The van der Waals surface area contributed by atoms with E-state index < -0.39 is 17.6 Å². The Morgan fingerprint density at radius 2 is 2.08 bits per heavy atom. The molecule has 0 radical (unpaired) electrons. The molecule has 0 unspecified atom stereocenters. The number of benzene rings is 1. The van der Waals surface area contributed by atoms with Gasteiger partial charge in [-0.15, -0.1) is 0 Å². The summed E-state index contributed by atoms with van der Waals surface area (Å²) in [6.45, 7) is 1.61. The maximum absolute atomic E-state index is 13.2. The second-order valence-electron chi connectivity index (χ2n) is 6.98. The van der Waals surface area contributed by atoms with Crippen molar-refractivity contribution in [2.24, 2.45) is 0 Å². The number of urea groups is 1. The molecule has 6 heteroatoms. The van der Waals surface area contributed by atoms with Crippen molar-refractivity contribution in [1.29, 1.82) is 0 Å². The van der Waals surface area contributed by atoms with E-state index in [-0.39, 0.29) is 17.9 Å². The number of hydrogen-bond acceptors (Lipinski definition) is 3. The van der Waals surface area contributed by atoms with Crippen molar-refractivity contribution in [2.45, 2.75) is 56.7 Å². The average molecular weight is 327 g/mol. The standard InChI is InChI=1S/C18H21N3O3/c1-11(15(22)19-13-8-9-13)21-16(23)18(20-17(21)24)10-4-6-12-5-2-3-7-14(12)18/h2-3,5,7,11,13H,4,6,8-10H2,1H3,(H,19,22)(H,20,24)/t11-,18-/m1/s1. The summed E-state index contributed by atoms with van der Waals surface area (Å²) < 4.78 is 0. The van der Waals surface area contributed by atoms with Crippen LogP contribution in [0.15, 0.2) is 24.3 Å². The highest BCUT2D eigenvalue weighted by atomic mass is 16.2. The third-order valence-corrected chi connectivity index (χ3v) is 5.29. The number of rotatable bonds is 3. The number of imide groups is 1. The first-order valence-corrected chi connectivity index (χ1v) is 8.57. The lowest BCUT2D eigenvalue weighted by Crippen LogP contribution is -2.50. The molecule has 2 aliphatic carbocycles. The van der Waals surface area contributed by atoms with Crippen molar-refractivity contribution >= 4 is 17.8 Å². The average Bonchev–Trinajstić information content (AvgIpc) is 3.34. The zero-order valence-corrected chi connectivity index (χ0v) is 13.7. The second kappa shape index (κ2) is 5.33. The van der Waals surface area contributed by atoms with Gasteiger partial charge in [-0.3, -0.25) is 9.59 Å². The van der Waals surface area contributed by atoms with E-state index in [2.05, 4.69) is 10.6 Å². The van der Waals surface area contributed by atoms with Gasteiger partial charge in [0.25, 0.3) is 5.91 Å². The molecule has 2 N–H and O–H groups in total. The fraction of sp³-hybridized carbons (Fsp3) is 0.500. The highest BCUT2D eigenvalue weighted by Gasteiger charge is 2.56. The summed E-state index contributed by atoms with van der Waals surface area (Å²) in [4.78, 5) is 39.1. The fourth-order valence-electron chi connectivity index (χ4n) is 3.80. The number of carbonyl (C=O) groups excluding carboxylic acids is 3. The van der Waals surface area contributed by atoms with Crippen LogP contribution in [-0.2, 0) is 21.5 Å². The van der Waals surface area contributed by atoms with Crippen LogP contribution in [0.2, 0.25) is 0 Å². The number of amides is 4. The Bertz CT molecular complexity index is 728. The Hall–Kier alpha value is -2.37. The maximum Gasteiger partial charge on any atom is 0.326 e. The number of nitrogens with one attached hydrogen (secondary N) is 2. The first-order chi connectivity index (χ1) is 11.5. The number of carbonyl (C=O) groups is 3. The van der Waals surface area contributed by atoms with E-state index in [1.54, 1.807) is 6.92 Å². The van der Waals surface area contributed by atoms with Gasteiger partial charge in [0.2, 0.25) is 5.91 Å². The summed E-state index contributed by atoms with van der Waals surface area (Å²) in [7, 11) is 0. The molecule has 4 amide bonds. The Kier molecular flexibility index (Phi) is 3.37. The summed E-state index contributed by atoms with van der Waals surface area (Å²) >= 11 is 0. The van der Waals surface area contributed by atoms with E-state index in [0.717, 1.165) is 41.7 Å². The van der Waals surface area contributed by atoms with Gasteiger partial charge < -0.3 is 10.6 Å². The fourth-order valence-corrected chi connectivity index (χ4v) is 3.80. The second-order valence-corrected chi connectivity index (χ2v) is 6.98. The van der Waals surface area contributed by atoms with E-state index in [1.165, 1.54) is 0 Å². The molecule has 1 heterocycles. The van der Waals surface area contributed by atoms with Crippen LogP contribution >= 0.6 is 0 Å². The SMILES string of the molecule is C[C@H](C(=O)NC1CC1)N1C(=O)N[C@@]2(CCCc3ccccc32)C1=O. The number of fused-ring (bicyclic) bond motifs is 2. The van der Waals surface area contributed by atoms with Crippen molar-refractivity contribution in [3.63, 3.8) is 0 Å². The van der Waals surface area contributed by atoms with E-state index >= 15 is 0 Å². The third kappa shape index (κ3) is 2.20. The van der Waals surface area contributed by atoms with Gasteiger partial charge >= 0.3 is 6.03 Å². The molecular formula is C18H21N3O3. The summed E-state index contributed by atoms with van der Waals surface area (Å²) in [5, 5.41) is 5.76. The minimum atomic E-state index is -1.01. The highest BCUT2D eigenvalue weighted by molar-refractivity contribution is 6.10. The lowest BCUT2D eigenvalue weighted by atomic mass is 9.76. The van der Waals surface area contributed by atoms with Gasteiger partial charge in [0.15, 0.2) is 0 Å². The van der Waals surface area contributed by atoms with Crippen LogP contribution < -0.4 is 10.6 Å². The van der Waals surface area contributed by atoms with Crippen molar-refractivity contribution < 1.29 is 14.4 Å².